The molecule has 2 N–H and O–H groups in total. The van der Waals surface area contributed by atoms with Gasteiger partial charge in [-0.05, 0) is 107 Å². The first-order valence-electron chi connectivity index (χ1n) is 19.7. The molecule has 2 unspecified atom stereocenters. The lowest BCUT2D eigenvalue weighted by atomic mass is 9.86. The number of benzene rings is 4. The maximum atomic E-state index is 12.5. The Bertz CT molecular complexity index is 2290. The van der Waals surface area contributed by atoms with Gasteiger partial charge in [0.2, 0.25) is 13.6 Å². The molecule has 4 aliphatic rings. The van der Waals surface area contributed by atoms with E-state index < -0.39 is 24.1 Å². The van der Waals surface area contributed by atoms with Gasteiger partial charge in [0.25, 0.3) is 0 Å². The Kier molecular flexibility index (Phi) is 12.1. The molecule has 59 heavy (non-hydrogen) atoms. The molecule has 0 saturated carbocycles. The zero-order chi connectivity index (χ0) is 41.8. The molecule has 4 heterocycles. The first-order chi connectivity index (χ1) is 28.4. The number of carbonyl (C=O) groups is 2. The molecule has 4 aromatic rings. The molecule has 4 aliphatic heterocycles. The summed E-state index contributed by atoms with van der Waals surface area (Å²) in [6.45, 7) is 10.2. The summed E-state index contributed by atoms with van der Waals surface area (Å²) in [7, 11) is 1.44. The molecule has 0 aliphatic carbocycles. The van der Waals surface area contributed by atoms with Crippen LogP contribution in [-0.4, -0.2) is 55.1 Å². The van der Waals surface area contributed by atoms with Gasteiger partial charge in [0.1, 0.15) is 34.3 Å². The molecular formula is C46H48O13. The fourth-order valence-corrected chi connectivity index (χ4v) is 7.38. The van der Waals surface area contributed by atoms with Crippen molar-refractivity contribution < 1.29 is 62.4 Å². The van der Waals surface area contributed by atoms with E-state index in [0.29, 0.717) is 63.5 Å². The summed E-state index contributed by atoms with van der Waals surface area (Å²) in [5, 5.41) is 20.1. The number of carboxylic acids is 2. The third kappa shape index (κ3) is 8.69. The lowest BCUT2D eigenvalue weighted by molar-refractivity contribution is -0.134. The minimum atomic E-state index is -1.12. The molecule has 0 radical (unpaired) electrons. The van der Waals surface area contributed by atoms with Gasteiger partial charge in [-0.2, -0.15) is 0 Å². The molecule has 0 amide bonds. The third-order valence-electron chi connectivity index (χ3n) is 9.89. The van der Waals surface area contributed by atoms with Crippen LogP contribution in [0.2, 0.25) is 0 Å². The predicted molar refractivity (Wildman–Crippen MR) is 217 cm³/mol. The highest BCUT2D eigenvalue weighted by Crippen LogP contribution is 2.48. The Balaban J connectivity index is 0.000000180. The lowest BCUT2D eigenvalue weighted by Gasteiger charge is -2.30. The highest BCUT2D eigenvalue weighted by molar-refractivity contribution is 6.00. The molecule has 0 aromatic heterocycles. The van der Waals surface area contributed by atoms with Gasteiger partial charge in [-0.25, -0.2) is 9.59 Å². The summed E-state index contributed by atoms with van der Waals surface area (Å²) in [6.07, 6.45) is 2.08. The molecule has 0 saturated heterocycles. The highest BCUT2D eigenvalue weighted by Gasteiger charge is 2.37. The van der Waals surface area contributed by atoms with Crippen molar-refractivity contribution in [2.45, 2.75) is 84.7 Å². The number of ether oxygens (including phenoxy) is 9. The largest absolute Gasteiger partial charge is 0.495 e. The van der Waals surface area contributed by atoms with Gasteiger partial charge in [0.05, 0.1) is 30.5 Å². The van der Waals surface area contributed by atoms with Gasteiger partial charge < -0.3 is 52.8 Å². The third-order valence-corrected chi connectivity index (χ3v) is 9.89. The number of hydrogen-bond donors (Lipinski definition) is 2. The summed E-state index contributed by atoms with van der Waals surface area (Å²) in [6, 6.07) is 21.6. The van der Waals surface area contributed by atoms with Crippen molar-refractivity contribution in [3.05, 3.63) is 106 Å². The van der Waals surface area contributed by atoms with Crippen LogP contribution < -0.4 is 37.9 Å². The normalized spacial score (nSPS) is 17.0. The number of hydrogen-bond acceptors (Lipinski definition) is 11. The number of aliphatic carboxylic acids is 2. The molecule has 2 atom stereocenters. The summed E-state index contributed by atoms with van der Waals surface area (Å²) < 4.78 is 51.0. The van der Waals surface area contributed by atoms with E-state index >= 15 is 0 Å². The van der Waals surface area contributed by atoms with Gasteiger partial charge in [-0.3, -0.25) is 0 Å². The molecule has 310 valence electrons. The van der Waals surface area contributed by atoms with E-state index in [4.69, 9.17) is 42.6 Å². The van der Waals surface area contributed by atoms with Crippen LogP contribution in [0, 0.1) is 0 Å². The number of methoxy groups -OCH3 is 1. The predicted octanol–water partition coefficient (Wildman–Crippen LogP) is 9.53. The van der Waals surface area contributed by atoms with Gasteiger partial charge in [0.15, 0.2) is 35.2 Å². The zero-order valence-electron chi connectivity index (χ0n) is 33.9. The summed E-state index contributed by atoms with van der Waals surface area (Å²) >= 11 is 0. The van der Waals surface area contributed by atoms with Crippen LogP contribution in [0.5, 0.6) is 46.0 Å². The van der Waals surface area contributed by atoms with Crippen molar-refractivity contribution in [2.24, 2.45) is 0 Å². The minimum Gasteiger partial charge on any atom is -0.495 e. The first kappa shape index (κ1) is 40.7. The van der Waals surface area contributed by atoms with E-state index in [1.54, 1.807) is 48.5 Å². The molecule has 8 rings (SSSR count). The fraction of sp³-hybridized carbons (Fsp3) is 0.348. The van der Waals surface area contributed by atoms with Gasteiger partial charge in [-0.15, -0.1) is 0 Å². The van der Waals surface area contributed by atoms with E-state index in [1.807, 2.05) is 52.0 Å². The Labute approximate surface area is 342 Å². The number of rotatable bonds is 13. The average molecular weight is 809 g/mol. The van der Waals surface area contributed by atoms with E-state index in [-0.39, 0.29) is 42.7 Å². The maximum absolute atomic E-state index is 12.5. The summed E-state index contributed by atoms with van der Waals surface area (Å²) in [4.78, 5) is 24.6. The minimum absolute atomic E-state index is 0.00978. The topological polar surface area (TPSA) is 158 Å². The molecule has 4 aromatic carbocycles. The van der Waals surface area contributed by atoms with Crippen molar-refractivity contribution in [1.82, 2.24) is 0 Å². The van der Waals surface area contributed by atoms with E-state index in [9.17, 15) is 19.8 Å². The van der Waals surface area contributed by atoms with Gasteiger partial charge in [0, 0.05) is 16.7 Å². The van der Waals surface area contributed by atoms with E-state index in [2.05, 4.69) is 6.92 Å². The second-order valence-electron chi connectivity index (χ2n) is 14.8. The fourth-order valence-electron chi connectivity index (χ4n) is 7.38. The van der Waals surface area contributed by atoms with Crippen molar-refractivity contribution in [1.29, 1.82) is 0 Å². The molecular weight excluding hydrogens is 760 g/mol. The summed E-state index contributed by atoms with van der Waals surface area (Å²) in [5.74, 6) is 3.05. The summed E-state index contributed by atoms with van der Waals surface area (Å²) in [5.41, 5.74) is 3.77. The van der Waals surface area contributed by atoms with Crippen molar-refractivity contribution in [3.8, 4) is 46.0 Å². The van der Waals surface area contributed by atoms with Crippen molar-refractivity contribution >= 4 is 23.3 Å². The standard InChI is InChI=1S/C25H28O6.C21H20O7/c1-4-5-6-7-18-19-13-17(30-15(2)3)9-11-20(19)31-24(23(18)25(26)27)16-8-10-21-22(12-16)29-14-28-21;1-11(2)27-13-5-7-15-14(9-13)20(24-3)18(21(22)23)19(28-15)12-4-6-16-17(8-12)26-10-25-16/h8-13,15,24H,4-7,14H2,1-3H3,(H,26,27);4-9,11,19H,10H2,1-3H3,(H,22,23). The van der Waals surface area contributed by atoms with E-state index in [1.165, 1.54) is 7.11 Å². The quantitative estimate of drug-likeness (QED) is 0.123. The van der Waals surface area contributed by atoms with Crippen molar-refractivity contribution in [3.63, 3.8) is 0 Å². The van der Waals surface area contributed by atoms with Crippen LogP contribution in [0.25, 0.3) is 11.3 Å². The Morgan fingerprint density at radius 3 is 1.59 bits per heavy atom. The molecule has 0 spiro atoms. The Hall–Kier alpha value is -6.50. The first-order valence-corrected chi connectivity index (χ1v) is 19.7. The second-order valence-corrected chi connectivity index (χ2v) is 14.8. The monoisotopic (exact) mass is 808 g/mol. The van der Waals surface area contributed by atoms with Crippen LogP contribution in [0.15, 0.2) is 83.9 Å². The smallest absolute Gasteiger partial charge is 0.339 e. The van der Waals surface area contributed by atoms with Gasteiger partial charge >= 0.3 is 11.9 Å². The Morgan fingerprint density at radius 1 is 0.627 bits per heavy atom. The zero-order valence-corrected chi connectivity index (χ0v) is 33.9. The van der Waals surface area contributed by atoms with Crippen LogP contribution in [0.4, 0.5) is 0 Å². The second kappa shape index (κ2) is 17.6. The SMILES string of the molecule is CCCCCC1=C(C(=O)O)C(c2ccc3c(c2)OCO3)Oc2ccc(OC(C)C)cc21.COC1=C(C(=O)O)C(c2ccc3c(c2)OCO3)Oc2ccc(OC(C)C)cc21. The maximum Gasteiger partial charge on any atom is 0.339 e. The lowest BCUT2D eigenvalue weighted by Crippen LogP contribution is -2.23. The molecule has 0 bridgehead atoms. The number of allylic oxidation sites excluding steroid dienone is 1. The van der Waals surface area contributed by atoms with Crippen molar-refractivity contribution in [2.75, 3.05) is 20.7 Å². The van der Waals surface area contributed by atoms with Gasteiger partial charge in [-0.1, -0.05) is 31.9 Å². The average Bonchev–Trinajstić information content (AvgIpc) is 3.89. The molecule has 13 heteroatoms. The molecule has 13 nitrogen and oxygen atoms in total. The Morgan fingerprint density at radius 2 is 1.10 bits per heavy atom. The van der Waals surface area contributed by atoms with Crippen LogP contribution in [-0.2, 0) is 14.3 Å². The number of carboxylic acid groups (broad SMARTS) is 2. The van der Waals surface area contributed by atoms with E-state index in [0.717, 1.165) is 36.0 Å². The molecule has 0 fully saturated rings. The van der Waals surface area contributed by atoms with Crippen LogP contribution in [0.3, 0.4) is 0 Å². The van der Waals surface area contributed by atoms with Crippen LogP contribution in [0.1, 0.15) is 94.8 Å². The number of unbranched alkanes of at least 4 members (excludes halogenated alkanes) is 2. The highest BCUT2D eigenvalue weighted by atomic mass is 16.7. The number of fused-ring (bicyclic) bond motifs is 4. The van der Waals surface area contributed by atoms with Crippen LogP contribution >= 0.6 is 0 Å².